The fourth-order valence-electron chi connectivity index (χ4n) is 6.54. The molecule has 2 aromatic heterocycles. The Bertz CT molecular complexity index is 2340. The molecular formula is C44H50ClN5O8. The number of hydrogen-bond acceptors (Lipinski definition) is 8. The van der Waals surface area contributed by atoms with Crippen molar-refractivity contribution in [1.82, 2.24) is 19.7 Å². The number of halogens is 1. The molecule has 306 valence electrons. The van der Waals surface area contributed by atoms with E-state index in [0.717, 1.165) is 48.3 Å². The van der Waals surface area contributed by atoms with Crippen molar-refractivity contribution in [2.45, 2.75) is 85.7 Å². The molecule has 6 rings (SSSR count). The second kappa shape index (κ2) is 18.3. The minimum Gasteiger partial charge on any atom is -0.491 e. The third-order valence-electron chi connectivity index (χ3n) is 9.76. The van der Waals surface area contributed by atoms with Gasteiger partial charge in [-0.3, -0.25) is 14.7 Å². The number of benzene rings is 3. The molecule has 1 aliphatic heterocycles. The highest BCUT2D eigenvalue weighted by atomic mass is 35.5. The van der Waals surface area contributed by atoms with Gasteiger partial charge in [0.25, 0.3) is 5.56 Å². The zero-order chi connectivity index (χ0) is 41.6. The SMILES string of the molecule is Cc1ccc(COc2cc(C)n(-c3cc(C(=O)O)ccc3C)c(=O)c2Cl)c(CNC(=O)Nc2cc(C(C)(C)C)nn2-c2cccc(OCCOC3CCCCO3)c2)c1. The maximum absolute atomic E-state index is 13.5. The van der Waals surface area contributed by atoms with Crippen molar-refractivity contribution in [3.05, 3.63) is 127 Å². The van der Waals surface area contributed by atoms with Crippen LogP contribution >= 0.6 is 11.6 Å². The largest absolute Gasteiger partial charge is 0.491 e. The summed E-state index contributed by atoms with van der Waals surface area (Å²) in [5, 5.41) is 20.2. The standard InChI is InChI=1S/C44H50ClN5O8/c1-27-13-15-31(26-58-36-21-29(3)49(41(51)40(36)45)35-22-30(42(52)53)16-14-28(35)2)32(20-27)25-46-43(54)47-38-24-37(44(4,5)6)48-50(38)33-10-9-11-34(23-33)55-18-19-57-39-12-7-8-17-56-39/h9-11,13-16,20-24,39H,7-8,12,17-19,25-26H2,1-6H3,(H,52,53)(H2,46,47,54). The van der Waals surface area contributed by atoms with Gasteiger partial charge in [0, 0.05) is 42.5 Å². The zero-order valence-corrected chi connectivity index (χ0v) is 34.4. The summed E-state index contributed by atoms with van der Waals surface area (Å²) in [6.45, 7) is 13.4. The first-order chi connectivity index (χ1) is 27.7. The Labute approximate surface area is 342 Å². The van der Waals surface area contributed by atoms with Gasteiger partial charge in [-0.05, 0) is 81.0 Å². The van der Waals surface area contributed by atoms with Gasteiger partial charge in [-0.15, -0.1) is 0 Å². The van der Waals surface area contributed by atoms with Crippen molar-refractivity contribution in [2.24, 2.45) is 0 Å². The third kappa shape index (κ3) is 10.3. The number of carboxylic acid groups (broad SMARTS) is 1. The van der Waals surface area contributed by atoms with E-state index in [9.17, 15) is 19.5 Å². The number of hydrogen-bond donors (Lipinski definition) is 3. The Kier molecular flexibility index (Phi) is 13.3. The number of ether oxygens (including phenoxy) is 4. The summed E-state index contributed by atoms with van der Waals surface area (Å²) in [7, 11) is 0. The van der Waals surface area contributed by atoms with Crippen molar-refractivity contribution >= 4 is 29.4 Å². The Balaban J connectivity index is 1.13. The van der Waals surface area contributed by atoms with E-state index in [1.807, 2.05) is 55.5 Å². The lowest BCUT2D eigenvalue weighted by atomic mass is 9.92. The van der Waals surface area contributed by atoms with Crippen LogP contribution in [0.1, 0.15) is 84.0 Å². The lowest BCUT2D eigenvalue weighted by Crippen LogP contribution is -2.29. The molecule has 1 fully saturated rings. The number of aromatic nitrogens is 3. The number of aryl methyl sites for hydroxylation is 3. The van der Waals surface area contributed by atoms with Crippen molar-refractivity contribution in [3.8, 4) is 22.9 Å². The van der Waals surface area contributed by atoms with Crippen molar-refractivity contribution in [3.63, 3.8) is 0 Å². The Hall–Kier alpha value is -5.63. The summed E-state index contributed by atoms with van der Waals surface area (Å²) in [4.78, 5) is 38.6. The molecule has 1 saturated heterocycles. The number of aromatic carboxylic acids is 1. The van der Waals surface area contributed by atoms with E-state index in [-0.39, 0.29) is 41.2 Å². The molecule has 13 nitrogen and oxygen atoms in total. The first kappa shape index (κ1) is 42.0. The van der Waals surface area contributed by atoms with Crippen LogP contribution in [-0.2, 0) is 28.0 Å². The number of nitrogens with one attached hydrogen (secondary N) is 2. The van der Waals surface area contributed by atoms with Crippen LogP contribution in [0.15, 0.2) is 77.6 Å². The molecule has 1 unspecified atom stereocenters. The van der Waals surface area contributed by atoms with Crippen molar-refractivity contribution in [1.29, 1.82) is 0 Å². The molecular weight excluding hydrogens is 762 g/mol. The molecule has 0 aliphatic carbocycles. The summed E-state index contributed by atoms with van der Waals surface area (Å²) in [6, 6.07) is 21.0. The smallest absolute Gasteiger partial charge is 0.335 e. The number of amides is 2. The normalized spacial score (nSPS) is 14.2. The first-order valence-electron chi connectivity index (χ1n) is 19.3. The van der Waals surface area contributed by atoms with E-state index in [1.54, 1.807) is 30.7 Å². The molecule has 0 saturated carbocycles. The number of rotatable bonds is 14. The average Bonchev–Trinajstić information content (AvgIpc) is 3.63. The lowest BCUT2D eigenvalue weighted by Gasteiger charge is -2.22. The van der Waals surface area contributed by atoms with Gasteiger partial charge >= 0.3 is 12.0 Å². The number of carbonyl (C=O) groups excluding carboxylic acids is 1. The molecule has 2 amide bonds. The number of carbonyl (C=O) groups is 2. The van der Waals surface area contributed by atoms with E-state index in [1.165, 1.54) is 16.7 Å². The minimum atomic E-state index is -1.10. The second-order valence-corrected chi connectivity index (χ2v) is 15.7. The summed E-state index contributed by atoms with van der Waals surface area (Å²) in [5.41, 5.74) is 4.95. The highest BCUT2D eigenvalue weighted by Gasteiger charge is 2.23. The number of anilines is 1. The van der Waals surface area contributed by atoms with Gasteiger partial charge < -0.3 is 29.4 Å². The summed E-state index contributed by atoms with van der Waals surface area (Å²) < 4.78 is 26.6. The Morgan fingerprint density at radius 3 is 2.52 bits per heavy atom. The van der Waals surface area contributed by atoms with Crippen LogP contribution in [-0.4, -0.2) is 57.6 Å². The summed E-state index contributed by atoms with van der Waals surface area (Å²) in [5.74, 6) is 0.204. The van der Waals surface area contributed by atoms with Crippen molar-refractivity contribution in [2.75, 3.05) is 25.1 Å². The number of nitrogens with zero attached hydrogens (tertiary/aromatic N) is 3. The lowest BCUT2D eigenvalue weighted by molar-refractivity contribution is -0.165. The van der Waals surface area contributed by atoms with Gasteiger partial charge in [-0.25, -0.2) is 14.3 Å². The molecule has 14 heteroatoms. The van der Waals surface area contributed by atoms with E-state index in [2.05, 4.69) is 31.4 Å². The van der Waals surface area contributed by atoms with E-state index in [0.29, 0.717) is 47.4 Å². The van der Waals surface area contributed by atoms with Crippen LogP contribution in [0.2, 0.25) is 5.02 Å². The van der Waals surface area contributed by atoms with Gasteiger partial charge in [-0.1, -0.05) is 68.3 Å². The predicted octanol–water partition coefficient (Wildman–Crippen LogP) is 8.42. The molecule has 3 heterocycles. The monoisotopic (exact) mass is 811 g/mol. The second-order valence-electron chi connectivity index (χ2n) is 15.4. The van der Waals surface area contributed by atoms with E-state index in [4.69, 9.17) is 35.6 Å². The van der Waals surface area contributed by atoms with Gasteiger partial charge in [0.05, 0.1) is 29.2 Å². The molecule has 58 heavy (non-hydrogen) atoms. The maximum Gasteiger partial charge on any atom is 0.335 e. The van der Waals surface area contributed by atoms with Crippen LogP contribution in [0.4, 0.5) is 10.6 Å². The van der Waals surface area contributed by atoms with Gasteiger partial charge in [0.15, 0.2) is 6.29 Å². The Morgan fingerprint density at radius 1 is 0.966 bits per heavy atom. The van der Waals surface area contributed by atoms with Crippen LogP contribution < -0.4 is 25.7 Å². The van der Waals surface area contributed by atoms with Crippen molar-refractivity contribution < 1.29 is 33.6 Å². The molecule has 5 aromatic rings. The number of carboxylic acids is 1. The maximum atomic E-state index is 13.5. The minimum absolute atomic E-state index is 0.0522. The molecule has 0 bridgehead atoms. The molecule has 3 N–H and O–H groups in total. The Morgan fingerprint density at radius 2 is 1.78 bits per heavy atom. The summed E-state index contributed by atoms with van der Waals surface area (Å²) in [6.07, 6.45) is 2.86. The highest BCUT2D eigenvalue weighted by molar-refractivity contribution is 6.31. The van der Waals surface area contributed by atoms with Crippen LogP contribution in [0.25, 0.3) is 11.4 Å². The van der Waals surface area contributed by atoms with Gasteiger partial charge in [0.1, 0.15) is 35.6 Å². The fraction of sp³-hybridized carbons (Fsp3) is 0.364. The van der Waals surface area contributed by atoms with Crippen LogP contribution in [0.3, 0.4) is 0 Å². The molecule has 0 spiro atoms. The third-order valence-corrected chi connectivity index (χ3v) is 10.1. The fourth-order valence-corrected chi connectivity index (χ4v) is 6.73. The number of urea groups is 1. The topological polar surface area (TPSA) is 155 Å². The molecule has 1 atom stereocenters. The van der Waals surface area contributed by atoms with Crippen LogP contribution in [0, 0.1) is 20.8 Å². The molecule has 0 radical (unpaired) electrons. The highest BCUT2D eigenvalue weighted by Crippen LogP contribution is 2.29. The quantitative estimate of drug-likeness (QED) is 0.0938. The number of pyridine rings is 1. The van der Waals surface area contributed by atoms with Gasteiger partial charge in [-0.2, -0.15) is 5.10 Å². The van der Waals surface area contributed by atoms with E-state index >= 15 is 0 Å². The molecule has 1 aliphatic rings. The molecule has 3 aromatic carbocycles. The van der Waals surface area contributed by atoms with Crippen LogP contribution in [0.5, 0.6) is 11.5 Å². The average molecular weight is 812 g/mol. The zero-order valence-electron chi connectivity index (χ0n) is 33.7. The van der Waals surface area contributed by atoms with Gasteiger partial charge in [0.2, 0.25) is 0 Å². The van der Waals surface area contributed by atoms with E-state index < -0.39 is 17.6 Å². The predicted molar refractivity (Wildman–Crippen MR) is 222 cm³/mol. The summed E-state index contributed by atoms with van der Waals surface area (Å²) >= 11 is 6.57. The first-order valence-corrected chi connectivity index (χ1v) is 19.6.